The van der Waals surface area contributed by atoms with Gasteiger partial charge in [0, 0.05) is 0 Å². The monoisotopic (exact) mass is 152 g/mol. The second kappa shape index (κ2) is 2.20. The van der Waals surface area contributed by atoms with E-state index in [9.17, 15) is 4.79 Å². The number of fused-ring (bicyclic) bond motifs is 1. The summed E-state index contributed by atoms with van der Waals surface area (Å²) in [6.07, 6.45) is 6.09. The highest BCUT2D eigenvalue weighted by Crippen LogP contribution is 2.30. The Labute approximate surface area is 64.0 Å². The predicted octanol–water partition coefficient (Wildman–Crippen LogP) is 0.725. The van der Waals surface area contributed by atoms with Gasteiger partial charge in [-0.05, 0) is 11.6 Å². The van der Waals surface area contributed by atoms with Crippen molar-refractivity contribution in [2.24, 2.45) is 0 Å². The molecule has 1 aliphatic carbocycles. The van der Waals surface area contributed by atoms with E-state index in [0.29, 0.717) is 0 Å². The van der Waals surface area contributed by atoms with Gasteiger partial charge in [-0.25, -0.2) is 0 Å². The Hall–Kier alpha value is -1.09. The molecule has 0 saturated carbocycles. The number of allylic oxidation sites excluding steroid dienone is 1. The van der Waals surface area contributed by atoms with Gasteiger partial charge in [-0.15, -0.1) is 0 Å². The zero-order chi connectivity index (χ0) is 7.84. The summed E-state index contributed by atoms with van der Waals surface area (Å²) in [5.74, 6) is -0.792. The van der Waals surface area contributed by atoms with Crippen LogP contribution in [0.2, 0.25) is 0 Å². The van der Waals surface area contributed by atoms with Crippen LogP contribution in [0.25, 0.3) is 0 Å². The smallest absolute Gasteiger partial charge is 0.307 e. The highest BCUT2D eigenvalue weighted by Gasteiger charge is 2.36. The summed E-state index contributed by atoms with van der Waals surface area (Å²) in [6, 6.07) is 0. The van der Waals surface area contributed by atoms with Crippen LogP contribution < -0.4 is 0 Å². The summed E-state index contributed by atoms with van der Waals surface area (Å²) in [5.41, 5.74) is 0.844. The molecule has 2 atom stereocenters. The van der Waals surface area contributed by atoms with Crippen molar-refractivity contribution in [3.8, 4) is 0 Å². The minimum Gasteiger partial charge on any atom is -0.481 e. The van der Waals surface area contributed by atoms with E-state index in [1.54, 1.807) is 0 Å². The molecule has 1 fully saturated rings. The first-order valence-electron chi connectivity index (χ1n) is 3.52. The molecule has 1 aliphatic heterocycles. The first kappa shape index (κ1) is 6.61. The molecule has 11 heavy (non-hydrogen) atoms. The number of aliphatic carboxylic acids is 1. The SMILES string of the molecule is O=C(O)CC1=CC2OC2C=C1. The van der Waals surface area contributed by atoms with E-state index in [4.69, 9.17) is 9.84 Å². The quantitative estimate of drug-likeness (QED) is 0.593. The van der Waals surface area contributed by atoms with Crippen molar-refractivity contribution in [3.05, 3.63) is 23.8 Å². The fourth-order valence-electron chi connectivity index (χ4n) is 1.20. The minimum atomic E-state index is -0.792. The van der Waals surface area contributed by atoms with Crippen molar-refractivity contribution in [1.29, 1.82) is 0 Å². The van der Waals surface area contributed by atoms with Crippen LogP contribution >= 0.6 is 0 Å². The molecule has 2 unspecified atom stereocenters. The van der Waals surface area contributed by atoms with Gasteiger partial charge in [-0.1, -0.05) is 12.2 Å². The Balaban J connectivity index is 2.04. The molecular formula is C8H8O3. The van der Waals surface area contributed by atoms with E-state index in [1.807, 2.05) is 18.2 Å². The molecule has 0 amide bonds. The van der Waals surface area contributed by atoms with Gasteiger partial charge in [0.25, 0.3) is 0 Å². The Morgan fingerprint density at radius 2 is 2.45 bits per heavy atom. The van der Waals surface area contributed by atoms with Crippen LogP contribution in [0.1, 0.15) is 6.42 Å². The molecule has 0 aromatic carbocycles. The lowest BCUT2D eigenvalue weighted by molar-refractivity contribution is -0.136. The van der Waals surface area contributed by atoms with E-state index in [0.717, 1.165) is 5.57 Å². The number of carboxylic acid groups (broad SMARTS) is 1. The van der Waals surface area contributed by atoms with Gasteiger partial charge >= 0.3 is 5.97 Å². The lowest BCUT2D eigenvalue weighted by Crippen LogP contribution is -2.00. The van der Waals surface area contributed by atoms with Crippen molar-refractivity contribution in [3.63, 3.8) is 0 Å². The number of ether oxygens (including phenoxy) is 1. The number of carboxylic acids is 1. The maximum absolute atomic E-state index is 10.3. The van der Waals surface area contributed by atoms with Crippen LogP contribution in [-0.4, -0.2) is 23.3 Å². The highest BCUT2D eigenvalue weighted by atomic mass is 16.6. The molecule has 3 heteroatoms. The van der Waals surface area contributed by atoms with E-state index in [1.165, 1.54) is 0 Å². The number of carbonyl (C=O) groups is 1. The summed E-state index contributed by atoms with van der Waals surface area (Å²) in [7, 11) is 0. The number of hydrogen-bond donors (Lipinski definition) is 1. The molecular weight excluding hydrogens is 144 g/mol. The molecule has 1 N–H and O–H groups in total. The lowest BCUT2D eigenvalue weighted by Gasteiger charge is -1.98. The van der Waals surface area contributed by atoms with Gasteiger partial charge in [-0.2, -0.15) is 0 Å². The highest BCUT2D eigenvalue weighted by molar-refractivity contribution is 5.71. The molecule has 0 aromatic heterocycles. The maximum atomic E-state index is 10.3. The van der Waals surface area contributed by atoms with Gasteiger partial charge in [0.15, 0.2) is 0 Å². The third-order valence-electron chi connectivity index (χ3n) is 1.80. The van der Waals surface area contributed by atoms with Gasteiger partial charge < -0.3 is 9.84 Å². The first-order valence-corrected chi connectivity index (χ1v) is 3.52. The number of hydrogen-bond acceptors (Lipinski definition) is 2. The largest absolute Gasteiger partial charge is 0.481 e. The minimum absolute atomic E-state index is 0.100. The third kappa shape index (κ3) is 1.33. The molecule has 3 nitrogen and oxygen atoms in total. The van der Waals surface area contributed by atoms with Crippen LogP contribution in [0.5, 0.6) is 0 Å². The molecule has 0 spiro atoms. The number of epoxide rings is 1. The molecule has 0 bridgehead atoms. The molecule has 0 aromatic rings. The topological polar surface area (TPSA) is 49.8 Å². The van der Waals surface area contributed by atoms with E-state index >= 15 is 0 Å². The molecule has 1 heterocycles. The molecule has 1 saturated heterocycles. The standard InChI is InChI=1S/C8H8O3/c9-8(10)4-5-1-2-6-7(3-5)11-6/h1-3,6-7H,4H2,(H,9,10). The summed E-state index contributed by atoms with van der Waals surface area (Å²) >= 11 is 0. The van der Waals surface area contributed by atoms with Crippen LogP contribution in [0.3, 0.4) is 0 Å². The molecule has 2 aliphatic rings. The molecule has 2 rings (SSSR count). The fourth-order valence-corrected chi connectivity index (χ4v) is 1.20. The van der Waals surface area contributed by atoms with Crippen LogP contribution in [0.4, 0.5) is 0 Å². The van der Waals surface area contributed by atoms with E-state index < -0.39 is 5.97 Å². The summed E-state index contributed by atoms with van der Waals surface area (Å²) in [4.78, 5) is 10.3. The van der Waals surface area contributed by atoms with E-state index in [-0.39, 0.29) is 18.6 Å². The van der Waals surface area contributed by atoms with Crippen molar-refractivity contribution in [2.75, 3.05) is 0 Å². The van der Waals surface area contributed by atoms with Crippen molar-refractivity contribution in [1.82, 2.24) is 0 Å². The predicted molar refractivity (Wildman–Crippen MR) is 38.1 cm³/mol. The summed E-state index contributed by atoms with van der Waals surface area (Å²) in [6.45, 7) is 0. The maximum Gasteiger partial charge on any atom is 0.307 e. The van der Waals surface area contributed by atoms with E-state index in [2.05, 4.69) is 0 Å². The zero-order valence-corrected chi connectivity index (χ0v) is 5.86. The van der Waals surface area contributed by atoms with Gasteiger partial charge in [0.05, 0.1) is 6.42 Å². The summed E-state index contributed by atoms with van der Waals surface area (Å²) in [5, 5.41) is 8.45. The normalized spacial score (nSPS) is 32.5. The Morgan fingerprint density at radius 1 is 1.64 bits per heavy atom. The van der Waals surface area contributed by atoms with Crippen LogP contribution in [0.15, 0.2) is 23.8 Å². The second-order valence-corrected chi connectivity index (χ2v) is 2.74. The first-order chi connectivity index (χ1) is 5.25. The third-order valence-corrected chi connectivity index (χ3v) is 1.80. The Bertz CT molecular complexity index is 252. The van der Waals surface area contributed by atoms with Gasteiger partial charge in [0.1, 0.15) is 12.2 Å². The molecule has 0 radical (unpaired) electrons. The van der Waals surface area contributed by atoms with Crippen molar-refractivity contribution >= 4 is 5.97 Å². The molecule has 58 valence electrons. The number of rotatable bonds is 2. The lowest BCUT2D eigenvalue weighted by atomic mass is 10.0. The van der Waals surface area contributed by atoms with Gasteiger partial charge in [0.2, 0.25) is 0 Å². The average Bonchev–Trinajstić information content (AvgIpc) is 2.63. The Kier molecular flexibility index (Phi) is 1.32. The van der Waals surface area contributed by atoms with Crippen molar-refractivity contribution in [2.45, 2.75) is 18.6 Å². The van der Waals surface area contributed by atoms with Crippen molar-refractivity contribution < 1.29 is 14.6 Å². The van der Waals surface area contributed by atoms with Gasteiger partial charge in [-0.3, -0.25) is 4.79 Å². The van der Waals surface area contributed by atoms with Crippen LogP contribution in [0, 0.1) is 0 Å². The average molecular weight is 152 g/mol. The zero-order valence-electron chi connectivity index (χ0n) is 5.86. The van der Waals surface area contributed by atoms with Crippen LogP contribution in [-0.2, 0) is 9.53 Å². The fraction of sp³-hybridized carbons (Fsp3) is 0.375. The Morgan fingerprint density at radius 3 is 3.09 bits per heavy atom. The summed E-state index contributed by atoms with van der Waals surface area (Å²) < 4.78 is 5.13. The second-order valence-electron chi connectivity index (χ2n) is 2.74.